The largest absolute Gasteiger partial charge is 0.445 e. The average molecular weight is 253 g/mol. The molecular weight excluding hydrogens is 234 g/mol. The number of amides is 1. The van der Waals surface area contributed by atoms with Gasteiger partial charge in [-0.2, -0.15) is 0 Å². The van der Waals surface area contributed by atoms with Crippen LogP contribution in [-0.4, -0.2) is 30.5 Å². The Morgan fingerprint density at radius 2 is 2.17 bits per heavy atom. The third-order valence-electron chi connectivity index (χ3n) is 2.36. The molecule has 1 amide bonds. The Kier molecular flexibility index (Phi) is 6.83. The second-order valence-corrected chi connectivity index (χ2v) is 3.96. The van der Waals surface area contributed by atoms with Crippen molar-refractivity contribution in [2.75, 3.05) is 13.2 Å². The highest BCUT2D eigenvalue weighted by Gasteiger charge is 2.07. The number of carbonyl (C=O) groups is 1. The highest BCUT2D eigenvalue weighted by atomic mass is 16.5. The molecule has 1 heterocycles. The van der Waals surface area contributed by atoms with E-state index in [-0.39, 0.29) is 12.7 Å². The lowest BCUT2D eigenvalue weighted by Crippen LogP contribution is -2.21. The van der Waals surface area contributed by atoms with E-state index in [9.17, 15) is 4.79 Å². The standard InChI is InChI=1S/C8H9NO2.C5H10O2/c9-8(10)11-6-7-4-2-1-3-5-7;6-5-2-1-3-7-4-5/h1-5H,6H2,(H2,9,10);5-6H,1-4H2. The molecule has 1 atom stereocenters. The molecular formula is C13H19NO4. The molecule has 5 heteroatoms. The highest BCUT2D eigenvalue weighted by molar-refractivity contribution is 5.64. The Bertz CT molecular complexity index is 336. The maximum atomic E-state index is 10.2. The molecule has 0 bridgehead atoms. The fourth-order valence-electron chi connectivity index (χ4n) is 1.45. The Balaban J connectivity index is 0.000000199. The second kappa shape index (κ2) is 8.49. The molecule has 1 unspecified atom stereocenters. The van der Waals surface area contributed by atoms with Crippen LogP contribution < -0.4 is 5.73 Å². The Morgan fingerprint density at radius 1 is 1.44 bits per heavy atom. The summed E-state index contributed by atoms with van der Waals surface area (Å²) in [4.78, 5) is 10.2. The van der Waals surface area contributed by atoms with Gasteiger partial charge in [-0.05, 0) is 18.4 Å². The maximum absolute atomic E-state index is 10.2. The van der Waals surface area contributed by atoms with Crippen LogP contribution in [0, 0.1) is 0 Å². The normalized spacial score (nSPS) is 18.4. The van der Waals surface area contributed by atoms with Gasteiger partial charge < -0.3 is 20.3 Å². The van der Waals surface area contributed by atoms with Gasteiger partial charge in [0, 0.05) is 6.61 Å². The van der Waals surface area contributed by atoms with Crippen molar-refractivity contribution in [1.82, 2.24) is 0 Å². The molecule has 3 N–H and O–H groups in total. The first kappa shape index (κ1) is 14.5. The lowest BCUT2D eigenvalue weighted by Gasteiger charge is -2.15. The molecule has 1 aromatic rings. The summed E-state index contributed by atoms with van der Waals surface area (Å²) >= 11 is 0. The Hall–Kier alpha value is -1.59. The smallest absolute Gasteiger partial charge is 0.404 e. The van der Waals surface area contributed by atoms with Gasteiger partial charge in [0.15, 0.2) is 0 Å². The van der Waals surface area contributed by atoms with Crippen molar-refractivity contribution in [2.24, 2.45) is 5.73 Å². The minimum absolute atomic E-state index is 0.186. The summed E-state index contributed by atoms with van der Waals surface area (Å²) in [5.41, 5.74) is 5.72. The van der Waals surface area contributed by atoms with E-state index in [1.54, 1.807) is 0 Å². The van der Waals surface area contributed by atoms with Gasteiger partial charge in [0.1, 0.15) is 6.61 Å². The van der Waals surface area contributed by atoms with Gasteiger partial charge in [0.05, 0.1) is 12.7 Å². The molecule has 0 spiro atoms. The molecule has 1 saturated heterocycles. The number of hydrogen-bond donors (Lipinski definition) is 2. The fraction of sp³-hybridized carbons (Fsp3) is 0.462. The molecule has 1 aromatic carbocycles. The molecule has 0 aromatic heterocycles. The van der Waals surface area contributed by atoms with Crippen LogP contribution in [0.2, 0.25) is 0 Å². The van der Waals surface area contributed by atoms with E-state index in [0.29, 0.717) is 6.61 Å². The van der Waals surface area contributed by atoms with E-state index in [2.05, 4.69) is 4.74 Å². The zero-order valence-electron chi connectivity index (χ0n) is 10.2. The molecule has 1 aliphatic heterocycles. The third kappa shape index (κ3) is 6.88. The zero-order valence-corrected chi connectivity index (χ0v) is 10.2. The number of nitrogens with two attached hydrogens (primary N) is 1. The van der Waals surface area contributed by atoms with Crippen molar-refractivity contribution in [3.8, 4) is 0 Å². The first-order chi connectivity index (χ1) is 8.68. The fourth-order valence-corrected chi connectivity index (χ4v) is 1.45. The second-order valence-electron chi connectivity index (χ2n) is 3.96. The number of benzene rings is 1. The van der Waals surface area contributed by atoms with Crippen LogP contribution in [0.4, 0.5) is 4.79 Å². The predicted molar refractivity (Wildman–Crippen MR) is 66.9 cm³/mol. The number of aliphatic hydroxyl groups excluding tert-OH is 1. The van der Waals surface area contributed by atoms with E-state index in [4.69, 9.17) is 15.6 Å². The van der Waals surface area contributed by atoms with Crippen LogP contribution >= 0.6 is 0 Å². The number of rotatable bonds is 2. The molecule has 5 nitrogen and oxygen atoms in total. The highest BCUT2D eigenvalue weighted by Crippen LogP contribution is 2.03. The van der Waals surface area contributed by atoms with E-state index >= 15 is 0 Å². The molecule has 0 radical (unpaired) electrons. The minimum Gasteiger partial charge on any atom is -0.445 e. The van der Waals surface area contributed by atoms with Gasteiger partial charge in [-0.15, -0.1) is 0 Å². The molecule has 18 heavy (non-hydrogen) atoms. The first-order valence-electron chi connectivity index (χ1n) is 5.90. The number of ether oxygens (including phenoxy) is 2. The Labute approximate surface area is 107 Å². The monoisotopic (exact) mass is 253 g/mol. The van der Waals surface area contributed by atoms with Crippen LogP contribution in [0.15, 0.2) is 30.3 Å². The number of primary amides is 1. The summed E-state index contributed by atoms with van der Waals surface area (Å²) < 4.78 is 9.50. The summed E-state index contributed by atoms with van der Waals surface area (Å²) in [7, 11) is 0. The number of carbonyl (C=O) groups excluding carboxylic acids is 1. The minimum atomic E-state index is -0.742. The van der Waals surface area contributed by atoms with Crippen molar-refractivity contribution in [1.29, 1.82) is 0 Å². The van der Waals surface area contributed by atoms with Crippen molar-refractivity contribution in [2.45, 2.75) is 25.6 Å². The zero-order chi connectivity index (χ0) is 13.2. The predicted octanol–water partition coefficient (Wildman–Crippen LogP) is 1.44. The van der Waals surface area contributed by atoms with E-state index in [0.717, 1.165) is 25.0 Å². The molecule has 1 aliphatic rings. The summed E-state index contributed by atoms with van der Waals surface area (Å²) in [6, 6.07) is 9.37. The molecule has 0 aliphatic carbocycles. The summed E-state index contributed by atoms with van der Waals surface area (Å²) in [6.07, 6.45) is 1.00. The van der Waals surface area contributed by atoms with Crippen LogP contribution in [0.1, 0.15) is 18.4 Å². The topological polar surface area (TPSA) is 81.8 Å². The van der Waals surface area contributed by atoms with Gasteiger partial charge in [-0.3, -0.25) is 0 Å². The lowest BCUT2D eigenvalue weighted by molar-refractivity contribution is -0.00535. The molecule has 0 saturated carbocycles. The average Bonchev–Trinajstić information content (AvgIpc) is 2.39. The van der Waals surface area contributed by atoms with Crippen LogP contribution in [-0.2, 0) is 16.1 Å². The van der Waals surface area contributed by atoms with Gasteiger partial charge in [-0.1, -0.05) is 30.3 Å². The number of aliphatic hydroxyl groups is 1. The maximum Gasteiger partial charge on any atom is 0.404 e. The Morgan fingerprint density at radius 3 is 2.61 bits per heavy atom. The van der Waals surface area contributed by atoms with Gasteiger partial charge in [0.2, 0.25) is 0 Å². The van der Waals surface area contributed by atoms with E-state index < -0.39 is 6.09 Å². The van der Waals surface area contributed by atoms with Crippen molar-refractivity contribution in [3.63, 3.8) is 0 Å². The SMILES string of the molecule is NC(=O)OCc1ccccc1.OC1CCCOC1. The molecule has 2 rings (SSSR count). The van der Waals surface area contributed by atoms with Crippen molar-refractivity contribution < 1.29 is 19.4 Å². The van der Waals surface area contributed by atoms with Gasteiger partial charge in [0.25, 0.3) is 0 Å². The van der Waals surface area contributed by atoms with Crippen LogP contribution in [0.25, 0.3) is 0 Å². The van der Waals surface area contributed by atoms with Crippen LogP contribution in [0.3, 0.4) is 0 Å². The van der Waals surface area contributed by atoms with E-state index in [1.165, 1.54) is 0 Å². The number of hydrogen-bond acceptors (Lipinski definition) is 4. The summed E-state index contributed by atoms with van der Waals surface area (Å²) in [5, 5.41) is 8.78. The first-order valence-corrected chi connectivity index (χ1v) is 5.90. The quantitative estimate of drug-likeness (QED) is 0.835. The van der Waals surface area contributed by atoms with E-state index in [1.807, 2.05) is 30.3 Å². The van der Waals surface area contributed by atoms with Gasteiger partial charge in [-0.25, -0.2) is 4.79 Å². The van der Waals surface area contributed by atoms with Crippen molar-refractivity contribution >= 4 is 6.09 Å². The van der Waals surface area contributed by atoms with Gasteiger partial charge >= 0.3 is 6.09 Å². The summed E-state index contributed by atoms with van der Waals surface area (Å²) in [6.45, 7) is 1.62. The molecule has 100 valence electrons. The van der Waals surface area contributed by atoms with Crippen molar-refractivity contribution in [3.05, 3.63) is 35.9 Å². The summed E-state index contributed by atoms with van der Waals surface area (Å²) in [5.74, 6) is 0. The third-order valence-corrected chi connectivity index (χ3v) is 2.36. The van der Waals surface area contributed by atoms with Crippen LogP contribution in [0.5, 0.6) is 0 Å². The molecule has 1 fully saturated rings. The lowest BCUT2D eigenvalue weighted by atomic mass is 10.2.